The van der Waals surface area contributed by atoms with E-state index in [1.165, 1.54) is 13.0 Å². The molecule has 1 aromatic heterocycles. The van der Waals surface area contributed by atoms with Crippen molar-refractivity contribution in [1.82, 2.24) is 0 Å². The van der Waals surface area contributed by atoms with E-state index in [0.717, 1.165) is 12.1 Å². The van der Waals surface area contributed by atoms with Gasteiger partial charge in [-0.1, -0.05) is 0 Å². The van der Waals surface area contributed by atoms with Gasteiger partial charge in [-0.3, -0.25) is 4.79 Å². The number of phenolic OH excluding ortho intramolecular Hbond substituents is 4. The maximum atomic E-state index is 12.3. The number of benzene rings is 2. The van der Waals surface area contributed by atoms with E-state index >= 15 is 0 Å². The molecule has 102 valence electrons. The monoisotopic (exact) mass is 274 g/mol. The van der Waals surface area contributed by atoms with Crippen LogP contribution in [0, 0.1) is 6.92 Å². The van der Waals surface area contributed by atoms with Crippen LogP contribution < -0.4 is 5.43 Å². The second kappa shape index (κ2) is 3.80. The summed E-state index contributed by atoms with van der Waals surface area (Å²) in [5.74, 6) is -1.47. The molecule has 3 aromatic rings. The van der Waals surface area contributed by atoms with Gasteiger partial charge in [-0.15, -0.1) is 0 Å². The van der Waals surface area contributed by atoms with Gasteiger partial charge in [0.05, 0.1) is 5.39 Å². The first-order chi connectivity index (χ1) is 9.40. The Balaban J connectivity index is 2.61. The van der Waals surface area contributed by atoms with Crippen LogP contribution in [0.1, 0.15) is 5.56 Å². The molecule has 6 heteroatoms. The Labute approximate surface area is 111 Å². The summed E-state index contributed by atoms with van der Waals surface area (Å²) in [5, 5.41) is 38.4. The minimum absolute atomic E-state index is 0.00631. The van der Waals surface area contributed by atoms with Gasteiger partial charge in [0.2, 0.25) is 5.43 Å². The number of rotatable bonds is 0. The third kappa shape index (κ3) is 1.48. The third-order valence-corrected chi connectivity index (χ3v) is 3.26. The molecule has 1 heterocycles. The molecule has 0 aliphatic rings. The molecule has 2 aromatic carbocycles. The Morgan fingerprint density at radius 1 is 0.900 bits per heavy atom. The van der Waals surface area contributed by atoms with Crippen LogP contribution in [-0.2, 0) is 0 Å². The van der Waals surface area contributed by atoms with Gasteiger partial charge in [0.15, 0.2) is 11.5 Å². The Morgan fingerprint density at radius 3 is 2.20 bits per heavy atom. The lowest BCUT2D eigenvalue weighted by atomic mass is 10.1. The lowest BCUT2D eigenvalue weighted by molar-refractivity contribution is 0.404. The van der Waals surface area contributed by atoms with E-state index in [4.69, 9.17) is 4.42 Å². The lowest BCUT2D eigenvalue weighted by Gasteiger charge is -2.08. The molecular weight excluding hydrogens is 264 g/mol. The van der Waals surface area contributed by atoms with Crippen molar-refractivity contribution in [3.8, 4) is 23.0 Å². The SMILES string of the molecule is Cc1c(O)cc2oc3cc(O)c(O)cc3c(=O)c2c1O. The topological polar surface area (TPSA) is 111 Å². The molecule has 0 unspecified atom stereocenters. The van der Waals surface area contributed by atoms with Crippen LogP contribution in [0.5, 0.6) is 23.0 Å². The number of fused-ring (bicyclic) bond motifs is 2. The van der Waals surface area contributed by atoms with Crippen molar-refractivity contribution in [2.45, 2.75) is 6.92 Å². The Morgan fingerprint density at radius 2 is 1.50 bits per heavy atom. The molecule has 0 spiro atoms. The van der Waals surface area contributed by atoms with Gasteiger partial charge in [-0.25, -0.2) is 0 Å². The maximum Gasteiger partial charge on any atom is 0.204 e. The van der Waals surface area contributed by atoms with Gasteiger partial charge in [0.1, 0.15) is 28.1 Å². The molecule has 0 atom stereocenters. The minimum atomic E-state index is -0.558. The van der Waals surface area contributed by atoms with Crippen molar-refractivity contribution in [3.63, 3.8) is 0 Å². The quantitative estimate of drug-likeness (QED) is 0.369. The highest BCUT2D eigenvalue weighted by atomic mass is 16.3. The molecule has 0 saturated carbocycles. The van der Waals surface area contributed by atoms with E-state index in [0.29, 0.717) is 0 Å². The normalized spacial score (nSPS) is 11.2. The average Bonchev–Trinajstić information content (AvgIpc) is 2.39. The second-order valence-corrected chi connectivity index (χ2v) is 4.51. The molecule has 0 aliphatic carbocycles. The Kier molecular flexibility index (Phi) is 2.31. The van der Waals surface area contributed by atoms with E-state index in [9.17, 15) is 25.2 Å². The summed E-state index contributed by atoms with van der Waals surface area (Å²) in [7, 11) is 0. The molecule has 0 bridgehead atoms. The van der Waals surface area contributed by atoms with Crippen LogP contribution in [0.2, 0.25) is 0 Å². The summed E-state index contributed by atoms with van der Waals surface area (Å²) < 4.78 is 5.39. The fourth-order valence-corrected chi connectivity index (χ4v) is 2.10. The third-order valence-electron chi connectivity index (χ3n) is 3.26. The van der Waals surface area contributed by atoms with Crippen LogP contribution in [-0.4, -0.2) is 20.4 Å². The van der Waals surface area contributed by atoms with Gasteiger partial charge in [0, 0.05) is 17.7 Å². The van der Waals surface area contributed by atoms with Gasteiger partial charge < -0.3 is 24.8 Å². The van der Waals surface area contributed by atoms with Crippen LogP contribution >= 0.6 is 0 Å². The van der Waals surface area contributed by atoms with Crippen LogP contribution in [0.15, 0.2) is 27.4 Å². The zero-order valence-corrected chi connectivity index (χ0v) is 10.3. The zero-order valence-electron chi connectivity index (χ0n) is 10.3. The number of phenols is 4. The standard InChI is InChI=1S/C14H10O6/c1-5-7(15)3-11-12(13(5)18)14(19)6-2-8(16)9(17)4-10(6)20-11/h2-4,15-18H,1H3. The number of aromatic hydroxyl groups is 4. The van der Waals surface area contributed by atoms with E-state index in [-0.39, 0.29) is 39.0 Å². The summed E-state index contributed by atoms with van der Waals surface area (Å²) in [5.41, 5.74) is -0.363. The summed E-state index contributed by atoms with van der Waals surface area (Å²) in [6.45, 7) is 1.46. The molecule has 0 amide bonds. The predicted molar refractivity (Wildman–Crippen MR) is 71.4 cm³/mol. The first-order valence-electron chi connectivity index (χ1n) is 5.74. The van der Waals surface area contributed by atoms with Gasteiger partial charge in [-0.05, 0) is 13.0 Å². The van der Waals surface area contributed by atoms with Crippen molar-refractivity contribution in [2.75, 3.05) is 0 Å². The highest BCUT2D eigenvalue weighted by molar-refractivity contribution is 5.95. The first-order valence-corrected chi connectivity index (χ1v) is 5.74. The van der Waals surface area contributed by atoms with Crippen molar-refractivity contribution in [1.29, 1.82) is 0 Å². The molecule has 4 N–H and O–H groups in total. The van der Waals surface area contributed by atoms with Crippen LogP contribution in [0.25, 0.3) is 21.9 Å². The van der Waals surface area contributed by atoms with Crippen LogP contribution in [0.4, 0.5) is 0 Å². The molecule has 0 fully saturated rings. The van der Waals surface area contributed by atoms with Crippen molar-refractivity contribution < 1.29 is 24.8 Å². The van der Waals surface area contributed by atoms with E-state index in [1.54, 1.807) is 0 Å². The summed E-state index contributed by atoms with van der Waals surface area (Å²) in [6, 6.07) is 3.38. The van der Waals surface area contributed by atoms with Crippen molar-refractivity contribution >= 4 is 21.9 Å². The fraction of sp³-hybridized carbons (Fsp3) is 0.0714. The fourth-order valence-electron chi connectivity index (χ4n) is 2.10. The Hall–Kier alpha value is -2.89. The molecule has 0 saturated heterocycles. The second-order valence-electron chi connectivity index (χ2n) is 4.51. The minimum Gasteiger partial charge on any atom is -0.507 e. The van der Waals surface area contributed by atoms with E-state index in [2.05, 4.69) is 0 Å². The van der Waals surface area contributed by atoms with Gasteiger partial charge in [0.25, 0.3) is 0 Å². The van der Waals surface area contributed by atoms with E-state index < -0.39 is 16.9 Å². The first kappa shape index (κ1) is 12.2. The number of hydrogen-bond donors (Lipinski definition) is 4. The maximum absolute atomic E-state index is 12.3. The molecule has 3 rings (SSSR count). The summed E-state index contributed by atoms with van der Waals surface area (Å²) >= 11 is 0. The molecule has 20 heavy (non-hydrogen) atoms. The predicted octanol–water partition coefficient (Wildman–Crippen LogP) is 2.08. The molecular formula is C14H10O6. The van der Waals surface area contributed by atoms with Crippen molar-refractivity contribution in [2.24, 2.45) is 0 Å². The van der Waals surface area contributed by atoms with Gasteiger partial charge in [-0.2, -0.15) is 0 Å². The average molecular weight is 274 g/mol. The zero-order chi connectivity index (χ0) is 14.6. The van der Waals surface area contributed by atoms with Crippen molar-refractivity contribution in [3.05, 3.63) is 34.0 Å². The largest absolute Gasteiger partial charge is 0.507 e. The molecule has 6 nitrogen and oxygen atoms in total. The highest BCUT2D eigenvalue weighted by Crippen LogP contribution is 2.36. The number of hydrogen-bond acceptors (Lipinski definition) is 6. The molecule has 0 aliphatic heterocycles. The lowest BCUT2D eigenvalue weighted by Crippen LogP contribution is -2.03. The molecule has 0 radical (unpaired) electrons. The highest BCUT2D eigenvalue weighted by Gasteiger charge is 2.17. The summed E-state index contributed by atoms with van der Waals surface area (Å²) in [6.07, 6.45) is 0. The van der Waals surface area contributed by atoms with Crippen LogP contribution in [0.3, 0.4) is 0 Å². The Bertz CT molecular complexity index is 923. The summed E-state index contributed by atoms with van der Waals surface area (Å²) in [4.78, 5) is 12.3. The smallest absolute Gasteiger partial charge is 0.204 e. The van der Waals surface area contributed by atoms with E-state index in [1.807, 2.05) is 0 Å². The van der Waals surface area contributed by atoms with Gasteiger partial charge >= 0.3 is 0 Å².